The first-order valence-electron chi connectivity index (χ1n) is 10.1. The zero-order valence-electron chi connectivity index (χ0n) is 15.8. The van der Waals surface area contributed by atoms with Crippen LogP contribution >= 0.6 is 0 Å². The molecule has 2 aliphatic rings. The van der Waals surface area contributed by atoms with E-state index in [-0.39, 0.29) is 5.91 Å². The molecular weight excluding hydrogens is 336 g/mol. The van der Waals surface area contributed by atoms with Crippen LogP contribution in [0.3, 0.4) is 0 Å². The number of rotatable bonds is 5. The van der Waals surface area contributed by atoms with E-state index in [0.717, 1.165) is 49.1 Å². The lowest BCUT2D eigenvalue weighted by Gasteiger charge is -2.38. The summed E-state index contributed by atoms with van der Waals surface area (Å²) < 4.78 is 5.88. The Labute approximate surface area is 161 Å². The summed E-state index contributed by atoms with van der Waals surface area (Å²) in [6.07, 6.45) is 5.38. The first kappa shape index (κ1) is 18.1. The normalized spacial score (nSPS) is 18.6. The molecule has 0 aromatic heterocycles. The van der Waals surface area contributed by atoms with Crippen molar-refractivity contribution in [1.29, 1.82) is 0 Å². The molecule has 0 N–H and O–H groups in total. The van der Waals surface area contributed by atoms with Crippen LogP contribution < -0.4 is 4.74 Å². The summed E-state index contributed by atoms with van der Waals surface area (Å²) in [5, 5.41) is 0. The van der Waals surface area contributed by atoms with Crippen molar-refractivity contribution in [2.75, 3.05) is 26.2 Å². The molecule has 4 heteroatoms. The van der Waals surface area contributed by atoms with E-state index < -0.39 is 0 Å². The highest BCUT2D eigenvalue weighted by atomic mass is 16.5. The van der Waals surface area contributed by atoms with Gasteiger partial charge in [-0.25, -0.2) is 0 Å². The number of ether oxygens (including phenoxy) is 1. The first-order chi connectivity index (χ1) is 13.3. The van der Waals surface area contributed by atoms with E-state index in [1.807, 2.05) is 59.5 Å². The van der Waals surface area contributed by atoms with Gasteiger partial charge >= 0.3 is 0 Å². The Morgan fingerprint density at radius 3 is 2.41 bits per heavy atom. The van der Waals surface area contributed by atoms with Crippen LogP contribution in [-0.4, -0.2) is 47.9 Å². The largest absolute Gasteiger partial charge is 0.489 e. The van der Waals surface area contributed by atoms with Crippen molar-refractivity contribution in [3.63, 3.8) is 0 Å². The highest BCUT2D eigenvalue weighted by molar-refractivity contribution is 5.94. The molecule has 1 saturated heterocycles. The summed E-state index contributed by atoms with van der Waals surface area (Å²) in [7, 11) is 0. The Morgan fingerprint density at radius 2 is 1.67 bits per heavy atom. The summed E-state index contributed by atoms with van der Waals surface area (Å²) in [6.45, 7) is 4.16. The SMILES string of the molecule is O=C(c1cccc(OCc2ccccc2)c1)N1CCN(C2CCCC2)CC1. The number of nitrogens with zero attached hydrogens (tertiary/aromatic N) is 2. The van der Waals surface area contributed by atoms with Gasteiger partial charge in [-0.1, -0.05) is 49.2 Å². The molecular formula is C23H28N2O2. The van der Waals surface area contributed by atoms with E-state index in [1.165, 1.54) is 25.7 Å². The molecule has 1 saturated carbocycles. The van der Waals surface area contributed by atoms with Crippen LogP contribution in [0.2, 0.25) is 0 Å². The van der Waals surface area contributed by atoms with E-state index in [4.69, 9.17) is 4.74 Å². The number of hydrogen-bond acceptors (Lipinski definition) is 3. The Morgan fingerprint density at radius 1 is 0.926 bits per heavy atom. The van der Waals surface area contributed by atoms with Crippen LogP contribution in [-0.2, 0) is 6.61 Å². The predicted octanol–water partition coefficient (Wildman–Crippen LogP) is 3.97. The summed E-state index contributed by atoms with van der Waals surface area (Å²) in [5.74, 6) is 0.862. The van der Waals surface area contributed by atoms with E-state index in [0.29, 0.717) is 6.61 Å². The topological polar surface area (TPSA) is 32.8 Å². The number of carbonyl (C=O) groups excluding carboxylic acids is 1. The Kier molecular flexibility index (Phi) is 5.73. The molecule has 0 unspecified atom stereocenters. The maximum atomic E-state index is 12.9. The van der Waals surface area contributed by atoms with Gasteiger partial charge in [-0.3, -0.25) is 9.69 Å². The van der Waals surface area contributed by atoms with Crippen molar-refractivity contribution in [3.8, 4) is 5.75 Å². The lowest BCUT2D eigenvalue weighted by atomic mass is 10.1. The van der Waals surface area contributed by atoms with Gasteiger partial charge in [0.25, 0.3) is 5.91 Å². The fourth-order valence-corrected chi connectivity index (χ4v) is 4.20. The first-order valence-corrected chi connectivity index (χ1v) is 10.1. The molecule has 0 bridgehead atoms. The molecule has 4 rings (SSSR count). The van der Waals surface area contributed by atoms with Crippen molar-refractivity contribution in [2.45, 2.75) is 38.3 Å². The van der Waals surface area contributed by atoms with Crippen LogP contribution in [0.4, 0.5) is 0 Å². The smallest absolute Gasteiger partial charge is 0.254 e. The second kappa shape index (κ2) is 8.57. The summed E-state index contributed by atoms with van der Waals surface area (Å²) in [4.78, 5) is 17.5. The van der Waals surface area contributed by atoms with Crippen LogP contribution in [0.15, 0.2) is 54.6 Å². The standard InChI is InChI=1S/C23H28N2O2/c26-23(25-15-13-24(14-16-25)21-10-4-5-11-21)20-9-6-12-22(17-20)27-18-19-7-2-1-3-8-19/h1-3,6-9,12,17,21H,4-5,10-11,13-16,18H2. The fraction of sp³-hybridized carbons (Fsp3) is 0.435. The van der Waals surface area contributed by atoms with Crippen molar-refractivity contribution >= 4 is 5.91 Å². The molecule has 2 aromatic rings. The quantitative estimate of drug-likeness (QED) is 0.805. The number of amides is 1. The lowest BCUT2D eigenvalue weighted by molar-refractivity contribution is 0.0573. The van der Waals surface area contributed by atoms with Crippen LogP contribution in [0.1, 0.15) is 41.6 Å². The van der Waals surface area contributed by atoms with Gasteiger partial charge in [0.1, 0.15) is 12.4 Å². The van der Waals surface area contributed by atoms with Gasteiger partial charge in [-0.15, -0.1) is 0 Å². The van der Waals surface area contributed by atoms with E-state index in [2.05, 4.69) is 4.90 Å². The number of piperazine rings is 1. The maximum Gasteiger partial charge on any atom is 0.254 e. The molecule has 2 aromatic carbocycles. The number of benzene rings is 2. The lowest BCUT2D eigenvalue weighted by Crippen LogP contribution is -2.51. The van der Waals surface area contributed by atoms with Gasteiger partial charge in [0.15, 0.2) is 0 Å². The van der Waals surface area contributed by atoms with Crippen molar-refractivity contribution in [2.24, 2.45) is 0 Å². The highest BCUT2D eigenvalue weighted by Crippen LogP contribution is 2.25. The number of hydrogen-bond donors (Lipinski definition) is 0. The van der Waals surface area contributed by atoms with Crippen molar-refractivity contribution in [3.05, 3.63) is 65.7 Å². The third kappa shape index (κ3) is 4.51. The predicted molar refractivity (Wildman–Crippen MR) is 107 cm³/mol. The van der Waals surface area contributed by atoms with Gasteiger partial charge in [0.05, 0.1) is 0 Å². The minimum atomic E-state index is 0.117. The molecule has 142 valence electrons. The average Bonchev–Trinajstić information content (AvgIpc) is 3.28. The highest BCUT2D eigenvalue weighted by Gasteiger charge is 2.28. The monoisotopic (exact) mass is 364 g/mol. The molecule has 1 amide bonds. The van der Waals surface area contributed by atoms with Gasteiger partial charge < -0.3 is 9.64 Å². The minimum Gasteiger partial charge on any atom is -0.489 e. The molecule has 1 aliphatic carbocycles. The second-order valence-corrected chi connectivity index (χ2v) is 7.57. The molecule has 27 heavy (non-hydrogen) atoms. The molecule has 2 fully saturated rings. The summed E-state index contributed by atoms with van der Waals surface area (Å²) in [5.41, 5.74) is 1.84. The Balaban J connectivity index is 1.33. The van der Waals surface area contributed by atoms with E-state index in [9.17, 15) is 4.79 Å². The molecule has 0 atom stereocenters. The summed E-state index contributed by atoms with van der Waals surface area (Å²) in [6, 6.07) is 18.4. The number of carbonyl (C=O) groups is 1. The van der Waals surface area contributed by atoms with Crippen molar-refractivity contribution < 1.29 is 9.53 Å². The van der Waals surface area contributed by atoms with E-state index >= 15 is 0 Å². The van der Waals surface area contributed by atoms with Gasteiger partial charge in [0.2, 0.25) is 0 Å². The Bertz CT molecular complexity index is 748. The van der Waals surface area contributed by atoms with Gasteiger partial charge in [-0.05, 0) is 36.6 Å². The second-order valence-electron chi connectivity index (χ2n) is 7.57. The minimum absolute atomic E-state index is 0.117. The van der Waals surface area contributed by atoms with Gasteiger partial charge in [0, 0.05) is 37.8 Å². The molecule has 4 nitrogen and oxygen atoms in total. The zero-order valence-corrected chi connectivity index (χ0v) is 15.8. The summed E-state index contributed by atoms with van der Waals surface area (Å²) >= 11 is 0. The maximum absolute atomic E-state index is 12.9. The Hall–Kier alpha value is -2.33. The average molecular weight is 364 g/mol. The molecule has 1 heterocycles. The van der Waals surface area contributed by atoms with Crippen LogP contribution in [0.25, 0.3) is 0 Å². The zero-order chi connectivity index (χ0) is 18.5. The van der Waals surface area contributed by atoms with Crippen molar-refractivity contribution in [1.82, 2.24) is 9.80 Å². The van der Waals surface area contributed by atoms with E-state index in [1.54, 1.807) is 0 Å². The van der Waals surface area contributed by atoms with Crippen LogP contribution in [0, 0.1) is 0 Å². The fourth-order valence-electron chi connectivity index (χ4n) is 4.20. The molecule has 0 radical (unpaired) electrons. The molecule has 1 aliphatic heterocycles. The molecule has 0 spiro atoms. The van der Waals surface area contributed by atoms with Crippen LogP contribution in [0.5, 0.6) is 5.75 Å². The third-order valence-electron chi connectivity index (χ3n) is 5.77. The van der Waals surface area contributed by atoms with Gasteiger partial charge in [-0.2, -0.15) is 0 Å². The third-order valence-corrected chi connectivity index (χ3v) is 5.77.